The molecule has 0 saturated heterocycles. The maximum absolute atomic E-state index is 9.70. The first-order chi connectivity index (χ1) is 6.16. The minimum Gasteiger partial charge on any atom is -0.508 e. The molecule has 1 heterocycles. The Morgan fingerprint density at radius 1 is 1.46 bits per heavy atom. The average Bonchev–Trinajstić information content (AvgIpc) is 2.06. The molecule has 1 aliphatic rings. The Balaban J connectivity index is 2.47. The minimum absolute atomic E-state index is 0.413. The van der Waals surface area contributed by atoms with Gasteiger partial charge in [0, 0.05) is 23.1 Å². The van der Waals surface area contributed by atoms with E-state index in [9.17, 15) is 5.11 Å². The van der Waals surface area contributed by atoms with Crippen LogP contribution in [-0.4, -0.2) is 23.6 Å². The lowest BCUT2D eigenvalue weighted by molar-refractivity contribution is 0.304. The fourth-order valence-electron chi connectivity index (χ4n) is 1.74. The highest BCUT2D eigenvalue weighted by Crippen LogP contribution is 2.30. The summed E-state index contributed by atoms with van der Waals surface area (Å²) in [5, 5.41) is 9.70. The summed E-state index contributed by atoms with van der Waals surface area (Å²) in [4.78, 5) is 2.22. The van der Waals surface area contributed by atoms with E-state index in [-0.39, 0.29) is 0 Å². The second-order valence-corrected chi connectivity index (χ2v) is 4.47. The Bertz CT molecular complexity index is 338. The van der Waals surface area contributed by atoms with E-state index in [2.05, 4.69) is 33.9 Å². The van der Waals surface area contributed by atoms with Crippen molar-refractivity contribution in [3.63, 3.8) is 0 Å². The van der Waals surface area contributed by atoms with Gasteiger partial charge in [0.15, 0.2) is 0 Å². The Morgan fingerprint density at radius 3 is 3.00 bits per heavy atom. The number of aromatic hydroxyl groups is 1. The van der Waals surface area contributed by atoms with Gasteiger partial charge in [0.25, 0.3) is 0 Å². The summed E-state index contributed by atoms with van der Waals surface area (Å²) in [6, 6.07) is 3.86. The second-order valence-electron chi connectivity index (χ2n) is 3.55. The fourth-order valence-corrected chi connectivity index (χ4v) is 2.24. The zero-order chi connectivity index (χ0) is 9.42. The van der Waals surface area contributed by atoms with Crippen molar-refractivity contribution in [1.29, 1.82) is 0 Å². The number of phenolic OH excluding ortho intramolecular Hbond substituents is 1. The lowest BCUT2D eigenvalue weighted by Gasteiger charge is -2.25. The quantitative estimate of drug-likeness (QED) is 0.753. The van der Waals surface area contributed by atoms with Gasteiger partial charge in [-0.2, -0.15) is 0 Å². The molecule has 1 aromatic rings. The standard InChI is InChI=1S/C10H12BrNO/c1-12-3-2-7-4-8(11)5-10(13)9(7)6-12/h4-5,13H,2-3,6H2,1H3. The fraction of sp³-hybridized carbons (Fsp3) is 0.400. The van der Waals surface area contributed by atoms with Gasteiger partial charge in [-0.3, -0.25) is 0 Å². The predicted molar refractivity (Wildman–Crippen MR) is 55.8 cm³/mol. The van der Waals surface area contributed by atoms with Gasteiger partial charge < -0.3 is 10.0 Å². The molecule has 0 amide bonds. The van der Waals surface area contributed by atoms with E-state index in [1.807, 2.05) is 0 Å². The minimum atomic E-state index is 0.413. The third kappa shape index (κ3) is 1.71. The zero-order valence-electron chi connectivity index (χ0n) is 7.55. The van der Waals surface area contributed by atoms with Crippen molar-refractivity contribution >= 4 is 15.9 Å². The van der Waals surface area contributed by atoms with E-state index >= 15 is 0 Å². The van der Waals surface area contributed by atoms with Gasteiger partial charge in [-0.15, -0.1) is 0 Å². The van der Waals surface area contributed by atoms with Gasteiger partial charge in [0.05, 0.1) is 0 Å². The molecule has 1 aliphatic heterocycles. The zero-order valence-corrected chi connectivity index (χ0v) is 9.13. The first-order valence-corrected chi connectivity index (χ1v) is 5.15. The summed E-state index contributed by atoms with van der Waals surface area (Å²) in [5.74, 6) is 0.413. The molecule has 1 N–H and O–H groups in total. The smallest absolute Gasteiger partial charge is 0.121 e. The molecule has 0 bridgehead atoms. The summed E-state index contributed by atoms with van der Waals surface area (Å²) >= 11 is 3.38. The monoisotopic (exact) mass is 241 g/mol. The summed E-state index contributed by atoms with van der Waals surface area (Å²) < 4.78 is 0.966. The molecule has 0 aromatic heterocycles. The molecule has 70 valence electrons. The number of hydrogen-bond donors (Lipinski definition) is 1. The maximum atomic E-state index is 9.70. The Hall–Kier alpha value is -0.540. The van der Waals surface area contributed by atoms with Crippen molar-refractivity contribution in [2.75, 3.05) is 13.6 Å². The van der Waals surface area contributed by atoms with E-state index in [0.717, 1.165) is 29.5 Å². The number of phenols is 1. The van der Waals surface area contributed by atoms with E-state index in [1.54, 1.807) is 6.07 Å². The van der Waals surface area contributed by atoms with Crippen LogP contribution >= 0.6 is 15.9 Å². The summed E-state index contributed by atoms with van der Waals surface area (Å²) in [7, 11) is 2.07. The highest BCUT2D eigenvalue weighted by Gasteiger charge is 2.16. The van der Waals surface area contributed by atoms with Crippen molar-refractivity contribution in [3.8, 4) is 5.75 Å². The Morgan fingerprint density at radius 2 is 2.23 bits per heavy atom. The number of fused-ring (bicyclic) bond motifs is 1. The molecule has 0 spiro atoms. The van der Waals surface area contributed by atoms with Crippen LogP contribution in [0.3, 0.4) is 0 Å². The molecule has 0 fully saturated rings. The molecule has 2 nitrogen and oxygen atoms in total. The third-order valence-electron chi connectivity index (χ3n) is 2.47. The van der Waals surface area contributed by atoms with Gasteiger partial charge >= 0.3 is 0 Å². The lowest BCUT2D eigenvalue weighted by Crippen LogP contribution is -2.26. The van der Waals surface area contributed by atoms with Crippen molar-refractivity contribution in [2.24, 2.45) is 0 Å². The van der Waals surface area contributed by atoms with Crippen molar-refractivity contribution in [3.05, 3.63) is 27.7 Å². The molecule has 3 heteroatoms. The van der Waals surface area contributed by atoms with Crippen LogP contribution in [0.15, 0.2) is 16.6 Å². The van der Waals surface area contributed by atoms with Crippen LogP contribution in [0.2, 0.25) is 0 Å². The predicted octanol–water partition coefficient (Wildman–Crippen LogP) is 2.14. The van der Waals surface area contributed by atoms with Crippen LogP contribution < -0.4 is 0 Å². The number of halogens is 1. The molecule has 0 radical (unpaired) electrons. The van der Waals surface area contributed by atoms with Gasteiger partial charge in [0.1, 0.15) is 5.75 Å². The van der Waals surface area contributed by atoms with Crippen LogP contribution in [0.4, 0.5) is 0 Å². The third-order valence-corrected chi connectivity index (χ3v) is 2.93. The highest BCUT2D eigenvalue weighted by atomic mass is 79.9. The van der Waals surface area contributed by atoms with Crippen molar-refractivity contribution < 1.29 is 5.11 Å². The molecule has 0 saturated carbocycles. The van der Waals surface area contributed by atoms with Crippen LogP contribution in [0.5, 0.6) is 5.75 Å². The summed E-state index contributed by atoms with van der Waals surface area (Å²) in [6.45, 7) is 1.93. The van der Waals surface area contributed by atoms with Gasteiger partial charge in [-0.05, 0) is 31.2 Å². The van der Waals surface area contributed by atoms with Gasteiger partial charge in [0.2, 0.25) is 0 Å². The van der Waals surface area contributed by atoms with E-state index in [4.69, 9.17) is 0 Å². The SMILES string of the molecule is CN1CCc2cc(Br)cc(O)c2C1. The van der Waals surface area contributed by atoms with Gasteiger partial charge in [-0.25, -0.2) is 0 Å². The largest absolute Gasteiger partial charge is 0.508 e. The number of rotatable bonds is 0. The molecule has 0 aliphatic carbocycles. The molecular weight excluding hydrogens is 230 g/mol. The number of hydrogen-bond acceptors (Lipinski definition) is 2. The van der Waals surface area contributed by atoms with Crippen LogP contribution in [0, 0.1) is 0 Å². The molecule has 1 aromatic carbocycles. The lowest BCUT2D eigenvalue weighted by atomic mass is 9.99. The normalized spacial score (nSPS) is 17.1. The van der Waals surface area contributed by atoms with E-state index < -0.39 is 0 Å². The maximum Gasteiger partial charge on any atom is 0.121 e. The Labute approximate surface area is 86.3 Å². The molecule has 0 atom stereocenters. The van der Waals surface area contributed by atoms with Crippen LogP contribution in [-0.2, 0) is 13.0 Å². The Kier molecular flexibility index (Phi) is 2.30. The average molecular weight is 242 g/mol. The number of nitrogens with zero attached hydrogens (tertiary/aromatic N) is 1. The van der Waals surface area contributed by atoms with Crippen molar-refractivity contribution in [2.45, 2.75) is 13.0 Å². The topological polar surface area (TPSA) is 23.5 Å². The molecule has 2 rings (SSSR count). The molecule has 0 unspecified atom stereocenters. The van der Waals surface area contributed by atoms with Gasteiger partial charge in [-0.1, -0.05) is 15.9 Å². The first-order valence-electron chi connectivity index (χ1n) is 4.35. The second kappa shape index (κ2) is 3.31. The van der Waals surface area contributed by atoms with Crippen LogP contribution in [0.1, 0.15) is 11.1 Å². The molecule has 13 heavy (non-hydrogen) atoms. The van der Waals surface area contributed by atoms with Crippen molar-refractivity contribution in [1.82, 2.24) is 4.90 Å². The molecular formula is C10H12BrNO. The summed E-state index contributed by atoms with van der Waals surface area (Å²) in [6.07, 6.45) is 1.03. The number of likely N-dealkylation sites (N-methyl/N-ethyl adjacent to an activating group) is 1. The van der Waals surface area contributed by atoms with Crippen LogP contribution in [0.25, 0.3) is 0 Å². The summed E-state index contributed by atoms with van der Waals surface area (Å²) in [5.41, 5.74) is 2.35. The highest BCUT2D eigenvalue weighted by molar-refractivity contribution is 9.10. The first kappa shape index (κ1) is 9.03. The van der Waals surface area contributed by atoms with E-state index in [1.165, 1.54) is 5.56 Å². The number of benzene rings is 1. The van der Waals surface area contributed by atoms with E-state index in [0.29, 0.717) is 5.75 Å².